The SMILES string of the molecule is Cc1ccc(C(C)CC(=O)O)cc1NC(=O)OC(C)(C)C. The first-order valence-corrected chi connectivity index (χ1v) is 6.91. The number of rotatable bonds is 4. The van der Waals surface area contributed by atoms with Crippen LogP contribution in [0.3, 0.4) is 0 Å². The van der Waals surface area contributed by atoms with Crippen LogP contribution in [0.15, 0.2) is 18.2 Å². The van der Waals surface area contributed by atoms with Crippen molar-refractivity contribution >= 4 is 17.7 Å². The summed E-state index contributed by atoms with van der Waals surface area (Å²) in [6, 6.07) is 5.54. The lowest BCUT2D eigenvalue weighted by Gasteiger charge is -2.20. The van der Waals surface area contributed by atoms with Crippen molar-refractivity contribution in [1.82, 2.24) is 0 Å². The Bertz CT molecular complexity index is 532. The lowest BCUT2D eigenvalue weighted by Crippen LogP contribution is -2.27. The van der Waals surface area contributed by atoms with E-state index in [0.717, 1.165) is 11.1 Å². The highest BCUT2D eigenvalue weighted by Gasteiger charge is 2.17. The minimum absolute atomic E-state index is 0.0505. The van der Waals surface area contributed by atoms with Crippen LogP contribution in [0.4, 0.5) is 10.5 Å². The van der Waals surface area contributed by atoms with Gasteiger partial charge < -0.3 is 9.84 Å². The third-order valence-electron chi connectivity index (χ3n) is 2.95. The van der Waals surface area contributed by atoms with E-state index in [-0.39, 0.29) is 12.3 Å². The molecule has 0 aliphatic heterocycles. The summed E-state index contributed by atoms with van der Waals surface area (Å²) in [6.45, 7) is 9.11. The van der Waals surface area contributed by atoms with E-state index in [4.69, 9.17) is 9.84 Å². The average Bonchev–Trinajstić information content (AvgIpc) is 2.28. The minimum Gasteiger partial charge on any atom is -0.481 e. The van der Waals surface area contributed by atoms with Gasteiger partial charge in [0.1, 0.15) is 5.60 Å². The highest BCUT2D eigenvalue weighted by atomic mass is 16.6. The van der Waals surface area contributed by atoms with Gasteiger partial charge in [-0.25, -0.2) is 4.79 Å². The third kappa shape index (κ3) is 5.85. The van der Waals surface area contributed by atoms with E-state index < -0.39 is 17.7 Å². The number of carbonyl (C=O) groups is 2. The summed E-state index contributed by atoms with van der Waals surface area (Å²) < 4.78 is 5.22. The van der Waals surface area contributed by atoms with E-state index in [2.05, 4.69) is 5.32 Å². The molecule has 1 amide bonds. The molecule has 0 aliphatic rings. The number of aliphatic carboxylic acids is 1. The first-order valence-electron chi connectivity index (χ1n) is 6.91. The molecule has 0 aromatic heterocycles. The Labute approximate surface area is 125 Å². The summed E-state index contributed by atoms with van der Waals surface area (Å²) in [5, 5.41) is 11.6. The van der Waals surface area contributed by atoms with E-state index in [1.165, 1.54) is 0 Å². The number of carbonyl (C=O) groups excluding carboxylic acids is 1. The molecule has 5 heteroatoms. The molecule has 0 saturated heterocycles. The number of carboxylic acid groups (broad SMARTS) is 1. The number of hydrogen-bond acceptors (Lipinski definition) is 3. The molecule has 116 valence electrons. The summed E-state index contributed by atoms with van der Waals surface area (Å²) in [6.07, 6.45) is -0.469. The topological polar surface area (TPSA) is 75.6 Å². The monoisotopic (exact) mass is 293 g/mol. The van der Waals surface area contributed by atoms with Crippen molar-refractivity contribution in [3.05, 3.63) is 29.3 Å². The van der Waals surface area contributed by atoms with Gasteiger partial charge in [-0.05, 0) is 50.8 Å². The van der Waals surface area contributed by atoms with E-state index in [1.54, 1.807) is 26.8 Å². The second-order valence-electron chi connectivity index (χ2n) is 6.20. The van der Waals surface area contributed by atoms with Crippen LogP contribution in [0.5, 0.6) is 0 Å². The number of benzene rings is 1. The van der Waals surface area contributed by atoms with Gasteiger partial charge >= 0.3 is 12.1 Å². The van der Waals surface area contributed by atoms with Crippen molar-refractivity contribution in [2.75, 3.05) is 5.32 Å². The van der Waals surface area contributed by atoms with Gasteiger partial charge in [0, 0.05) is 5.69 Å². The first-order chi connectivity index (χ1) is 9.58. The standard InChI is InChI=1S/C16H23NO4/c1-10-6-7-12(11(2)8-14(18)19)9-13(10)17-15(20)21-16(3,4)5/h6-7,9,11H,8H2,1-5H3,(H,17,20)(H,18,19). The molecule has 1 rings (SSSR count). The Morgan fingerprint density at radius 3 is 2.48 bits per heavy atom. The zero-order chi connectivity index (χ0) is 16.2. The molecule has 0 saturated carbocycles. The molecule has 0 bridgehead atoms. The van der Waals surface area contributed by atoms with Gasteiger partial charge in [-0.2, -0.15) is 0 Å². The molecule has 21 heavy (non-hydrogen) atoms. The van der Waals surface area contributed by atoms with Crippen molar-refractivity contribution in [3.8, 4) is 0 Å². The Balaban J connectivity index is 2.87. The quantitative estimate of drug-likeness (QED) is 0.882. The van der Waals surface area contributed by atoms with Gasteiger partial charge in [0.2, 0.25) is 0 Å². The van der Waals surface area contributed by atoms with Crippen molar-refractivity contribution in [3.63, 3.8) is 0 Å². The smallest absolute Gasteiger partial charge is 0.412 e. The van der Waals surface area contributed by atoms with Crippen LogP contribution < -0.4 is 5.32 Å². The minimum atomic E-state index is -0.843. The number of ether oxygens (including phenoxy) is 1. The Morgan fingerprint density at radius 1 is 1.33 bits per heavy atom. The molecule has 0 fully saturated rings. The number of nitrogens with one attached hydrogen (secondary N) is 1. The van der Waals surface area contributed by atoms with E-state index in [9.17, 15) is 9.59 Å². The Hall–Kier alpha value is -2.04. The van der Waals surface area contributed by atoms with Crippen molar-refractivity contribution in [2.24, 2.45) is 0 Å². The van der Waals surface area contributed by atoms with Crippen LogP contribution in [0, 0.1) is 6.92 Å². The van der Waals surface area contributed by atoms with Crippen molar-refractivity contribution in [1.29, 1.82) is 0 Å². The highest BCUT2D eigenvalue weighted by molar-refractivity contribution is 5.86. The molecule has 2 N–H and O–H groups in total. The summed E-state index contributed by atoms with van der Waals surface area (Å²) >= 11 is 0. The van der Waals surface area contributed by atoms with Gasteiger partial charge in [-0.1, -0.05) is 19.1 Å². The molecule has 5 nitrogen and oxygen atoms in total. The zero-order valence-corrected chi connectivity index (χ0v) is 13.2. The van der Waals surface area contributed by atoms with Crippen LogP contribution >= 0.6 is 0 Å². The van der Waals surface area contributed by atoms with Crippen LogP contribution in [-0.2, 0) is 9.53 Å². The maximum atomic E-state index is 11.8. The fourth-order valence-electron chi connectivity index (χ4n) is 1.87. The van der Waals surface area contributed by atoms with Crippen LogP contribution in [0.1, 0.15) is 51.2 Å². The fraction of sp³-hybridized carbons (Fsp3) is 0.500. The largest absolute Gasteiger partial charge is 0.481 e. The van der Waals surface area contributed by atoms with E-state index in [0.29, 0.717) is 5.69 Å². The van der Waals surface area contributed by atoms with E-state index >= 15 is 0 Å². The van der Waals surface area contributed by atoms with Crippen molar-refractivity contribution in [2.45, 2.75) is 52.6 Å². The number of aryl methyl sites for hydroxylation is 1. The second kappa shape index (κ2) is 6.61. The number of anilines is 1. The van der Waals surface area contributed by atoms with Crippen LogP contribution in [-0.4, -0.2) is 22.8 Å². The molecule has 0 radical (unpaired) electrons. The lowest BCUT2D eigenvalue weighted by atomic mass is 9.96. The Kier molecular flexibility index (Phi) is 5.35. The molecule has 1 unspecified atom stereocenters. The molecular weight excluding hydrogens is 270 g/mol. The molecule has 1 aromatic carbocycles. The normalized spacial score (nSPS) is 12.6. The second-order valence-corrected chi connectivity index (χ2v) is 6.20. The highest BCUT2D eigenvalue weighted by Crippen LogP contribution is 2.25. The maximum absolute atomic E-state index is 11.8. The van der Waals surface area contributed by atoms with Gasteiger partial charge in [0.15, 0.2) is 0 Å². The average molecular weight is 293 g/mol. The molecule has 1 atom stereocenters. The van der Waals surface area contributed by atoms with Crippen LogP contribution in [0.25, 0.3) is 0 Å². The summed E-state index contributed by atoms with van der Waals surface area (Å²) in [5.41, 5.74) is 1.84. The van der Waals surface area contributed by atoms with Gasteiger partial charge in [-0.15, -0.1) is 0 Å². The van der Waals surface area contributed by atoms with Gasteiger partial charge in [-0.3, -0.25) is 10.1 Å². The Morgan fingerprint density at radius 2 is 1.95 bits per heavy atom. The summed E-state index contributed by atoms with van der Waals surface area (Å²) in [5.74, 6) is -0.966. The number of amides is 1. The molecule has 0 spiro atoms. The molecule has 1 aromatic rings. The maximum Gasteiger partial charge on any atom is 0.412 e. The molecular formula is C16H23NO4. The molecule has 0 aliphatic carbocycles. The predicted molar refractivity (Wildman–Crippen MR) is 81.7 cm³/mol. The summed E-state index contributed by atoms with van der Waals surface area (Å²) in [4.78, 5) is 22.6. The summed E-state index contributed by atoms with van der Waals surface area (Å²) in [7, 11) is 0. The predicted octanol–water partition coefficient (Wildman–Crippen LogP) is 3.92. The molecule has 0 heterocycles. The third-order valence-corrected chi connectivity index (χ3v) is 2.95. The van der Waals surface area contributed by atoms with Crippen molar-refractivity contribution < 1.29 is 19.4 Å². The van der Waals surface area contributed by atoms with Gasteiger partial charge in [0.05, 0.1) is 6.42 Å². The zero-order valence-electron chi connectivity index (χ0n) is 13.2. The van der Waals surface area contributed by atoms with Crippen LogP contribution in [0.2, 0.25) is 0 Å². The number of carboxylic acids is 1. The number of hydrogen-bond donors (Lipinski definition) is 2. The first kappa shape index (κ1) is 17.0. The lowest BCUT2D eigenvalue weighted by molar-refractivity contribution is -0.137. The van der Waals surface area contributed by atoms with Gasteiger partial charge in [0.25, 0.3) is 0 Å². The van der Waals surface area contributed by atoms with E-state index in [1.807, 2.05) is 26.0 Å². The fourth-order valence-corrected chi connectivity index (χ4v) is 1.87.